The third-order valence-corrected chi connectivity index (χ3v) is 13.2. The molecule has 8 atom stereocenters. The van der Waals surface area contributed by atoms with Gasteiger partial charge in [0.2, 0.25) is 5.70 Å². The molecule has 0 radical (unpaired) electrons. The predicted octanol–water partition coefficient (Wildman–Crippen LogP) is 7.07. The lowest BCUT2D eigenvalue weighted by atomic mass is 9.31. The number of hydrogen-bond donors (Lipinski definition) is 1. The van der Waals surface area contributed by atoms with Gasteiger partial charge in [-0.05, 0) is 90.8 Å². The van der Waals surface area contributed by atoms with E-state index in [9.17, 15) is 14.8 Å². The Kier molecular flexibility index (Phi) is 5.90. The highest BCUT2D eigenvalue weighted by atomic mass is 16.5. The summed E-state index contributed by atoms with van der Waals surface area (Å²) in [6.07, 6.45) is 8.91. The van der Waals surface area contributed by atoms with Gasteiger partial charge >= 0.3 is 5.97 Å². The van der Waals surface area contributed by atoms with Crippen molar-refractivity contribution < 1.29 is 19.5 Å². The van der Waals surface area contributed by atoms with Crippen molar-refractivity contribution in [2.45, 2.75) is 99.8 Å². The molecular weight excluding hydrogens is 476 g/mol. The summed E-state index contributed by atoms with van der Waals surface area (Å²) in [5, 5.41) is 14.6. The number of ether oxygens (including phenoxy) is 1. The average Bonchev–Trinajstić information content (AvgIpc) is 2.85. The molecule has 0 amide bonds. The smallest absolute Gasteiger partial charge is 0.312 e. The quantitative estimate of drug-likeness (QED) is 0.173. The number of fused-ring (bicyclic) bond motifs is 7. The number of allylic oxidation sites excluding steroid dienone is 2. The molecule has 4 saturated carbocycles. The molecule has 0 heterocycles. The van der Waals surface area contributed by atoms with E-state index in [1.807, 2.05) is 19.9 Å². The zero-order valence-electron chi connectivity index (χ0n) is 24.6. The number of Topliss-reactive ketones (excluding diaryl/α,β-unsaturated/α-hetero) is 1. The van der Waals surface area contributed by atoms with E-state index in [2.05, 4.69) is 44.6 Å². The standard InChI is InChI=1S/C32H46N2O4/c1-27(2)12-14-32(26(36)38-9)15-13-31(7)24(19(32)17-27)20(34-37)16-23-29(5)18-21(33-8)25(35)28(3,4)22(29)10-11-30(23,31)6/h18-19,22-24,37H,10-17H2,1-7,9H3/b34-20+/t19-,22-,23+,24-,29-,30+,31+,32-/m0/s1. The van der Waals surface area contributed by atoms with Gasteiger partial charge in [0.15, 0.2) is 5.78 Å². The lowest BCUT2D eigenvalue weighted by molar-refractivity contribution is -0.207. The van der Waals surface area contributed by atoms with Gasteiger partial charge in [-0.1, -0.05) is 59.7 Å². The number of carbonyl (C=O) groups is 2. The van der Waals surface area contributed by atoms with E-state index in [1.165, 1.54) is 7.11 Å². The normalized spacial score (nSPS) is 47.9. The summed E-state index contributed by atoms with van der Waals surface area (Å²) >= 11 is 0. The molecule has 0 aromatic heterocycles. The lowest BCUT2D eigenvalue weighted by Crippen LogP contribution is -2.69. The Morgan fingerprint density at radius 1 is 1.03 bits per heavy atom. The van der Waals surface area contributed by atoms with Gasteiger partial charge in [0.1, 0.15) is 0 Å². The molecule has 0 aromatic rings. The van der Waals surface area contributed by atoms with Gasteiger partial charge in [-0.2, -0.15) is 0 Å². The molecule has 0 unspecified atom stereocenters. The van der Waals surface area contributed by atoms with Gasteiger partial charge < -0.3 is 14.7 Å². The Balaban J connectivity index is 1.68. The second-order valence-electron chi connectivity index (χ2n) is 15.4. The van der Waals surface area contributed by atoms with E-state index in [-0.39, 0.29) is 62.8 Å². The first kappa shape index (κ1) is 27.4. The first-order valence-corrected chi connectivity index (χ1v) is 14.5. The molecule has 38 heavy (non-hydrogen) atoms. The fourth-order valence-electron chi connectivity index (χ4n) is 11.0. The number of esters is 1. The summed E-state index contributed by atoms with van der Waals surface area (Å²) in [5.74, 6) is 0.163. The molecule has 5 aliphatic rings. The number of carbonyl (C=O) groups excluding carboxylic acids is 2. The van der Waals surface area contributed by atoms with Crippen molar-refractivity contribution in [3.05, 3.63) is 23.2 Å². The SMILES string of the molecule is [C-]#[N+]C1=C[C@]2(C)[C@H]3C/C(=N\O)[C@@H]4[C@@H]5CC(C)(C)CC[C@]5(C(=O)OC)CC[C@@]4(C)[C@]3(C)CC[C@H]2C(C)(C)C1=O. The molecule has 0 aromatic carbocycles. The van der Waals surface area contributed by atoms with Gasteiger partial charge in [-0.25, -0.2) is 4.85 Å². The van der Waals surface area contributed by atoms with Crippen molar-refractivity contribution in [2.24, 2.45) is 61.3 Å². The maximum absolute atomic E-state index is 13.5. The summed E-state index contributed by atoms with van der Waals surface area (Å²) in [7, 11) is 1.51. The molecule has 0 spiro atoms. The first-order chi connectivity index (χ1) is 17.6. The number of methoxy groups -OCH3 is 1. The van der Waals surface area contributed by atoms with Crippen molar-refractivity contribution in [1.82, 2.24) is 0 Å². The van der Waals surface area contributed by atoms with Crippen LogP contribution in [0.2, 0.25) is 0 Å². The summed E-state index contributed by atoms with van der Waals surface area (Å²) in [5.41, 5.74) is -0.625. The Morgan fingerprint density at radius 3 is 2.29 bits per heavy atom. The van der Waals surface area contributed by atoms with Gasteiger partial charge in [0, 0.05) is 11.3 Å². The molecule has 6 nitrogen and oxygen atoms in total. The first-order valence-electron chi connectivity index (χ1n) is 14.5. The topological polar surface area (TPSA) is 80.3 Å². The summed E-state index contributed by atoms with van der Waals surface area (Å²) in [4.78, 5) is 30.5. The number of rotatable bonds is 1. The van der Waals surface area contributed by atoms with Crippen LogP contribution in [-0.2, 0) is 14.3 Å². The van der Waals surface area contributed by atoms with Crippen molar-refractivity contribution in [3.8, 4) is 0 Å². The summed E-state index contributed by atoms with van der Waals surface area (Å²) in [6, 6.07) is 0. The van der Waals surface area contributed by atoms with Crippen LogP contribution in [0.3, 0.4) is 0 Å². The van der Waals surface area contributed by atoms with Crippen molar-refractivity contribution >= 4 is 17.5 Å². The predicted molar refractivity (Wildman–Crippen MR) is 146 cm³/mol. The average molecular weight is 523 g/mol. The van der Waals surface area contributed by atoms with E-state index >= 15 is 0 Å². The van der Waals surface area contributed by atoms with Crippen LogP contribution in [0.1, 0.15) is 99.8 Å². The van der Waals surface area contributed by atoms with E-state index in [1.54, 1.807) is 0 Å². The van der Waals surface area contributed by atoms with Crippen molar-refractivity contribution in [3.63, 3.8) is 0 Å². The Labute approximate surface area is 228 Å². The van der Waals surface area contributed by atoms with E-state index in [4.69, 9.17) is 11.3 Å². The minimum Gasteiger partial charge on any atom is -0.469 e. The van der Waals surface area contributed by atoms with Crippen LogP contribution < -0.4 is 0 Å². The van der Waals surface area contributed by atoms with Crippen LogP contribution in [0.4, 0.5) is 0 Å². The maximum atomic E-state index is 13.5. The number of oxime groups is 1. The van der Waals surface area contributed by atoms with Crippen molar-refractivity contribution in [2.75, 3.05) is 7.11 Å². The molecule has 4 fully saturated rings. The third kappa shape index (κ3) is 3.20. The monoisotopic (exact) mass is 522 g/mol. The Bertz CT molecular complexity index is 1180. The Morgan fingerprint density at radius 2 is 1.68 bits per heavy atom. The number of hydrogen-bond acceptors (Lipinski definition) is 5. The van der Waals surface area contributed by atoms with Gasteiger partial charge in [-0.15, -0.1) is 0 Å². The molecule has 0 aliphatic heterocycles. The van der Waals surface area contributed by atoms with Crippen LogP contribution >= 0.6 is 0 Å². The highest BCUT2D eigenvalue weighted by Crippen LogP contribution is 2.76. The van der Waals surface area contributed by atoms with E-state index in [0.29, 0.717) is 6.42 Å². The van der Waals surface area contributed by atoms with Gasteiger partial charge in [0.25, 0.3) is 0 Å². The summed E-state index contributed by atoms with van der Waals surface area (Å²) < 4.78 is 5.47. The van der Waals surface area contributed by atoms with Crippen LogP contribution in [0.15, 0.2) is 16.9 Å². The highest BCUT2D eigenvalue weighted by molar-refractivity contribution is 6.02. The molecule has 208 valence electrons. The number of ketones is 1. The zero-order valence-corrected chi connectivity index (χ0v) is 24.6. The molecule has 0 saturated heterocycles. The largest absolute Gasteiger partial charge is 0.469 e. The second-order valence-corrected chi connectivity index (χ2v) is 15.4. The highest BCUT2D eigenvalue weighted by Gasteiger charge is 2.72. The molecule has 5 aliphatic carbocycles. The van der Waals surface area contributed by atoms with Gasteiger partial charge in [0.05, 0.1) is 24.8 Å². The van der Waals surface area contributed by atoms with E-state index in [0.717, 1.165) is 50.7 Å². The second kappa shape index (κ2) is 8.18. The zero-order chi connectivity index (χ0) is 28.1. The molecule has 0 bridgehead atoms. The molecule has 1 N–H and O–H groups in total. The van der Waals surface area contributed by atoms with E-state index < -0.39 is 10.8 Å². The lowest BCUT2D eigenvalue weighted by Gasteiger charge is -2.72. The maximum Gasteiger partial charge on any atom is 0.312 e. The number of nitrogens with zero attached hydrogens (tertiary/aromatic N) is 2. The van der Waals surface area contributed by atoms with Gasteiger partial charge in [-0.3, -0.25) is 4.79 Å². The van der Waals surface area contributed by atoms with Crippen LogP contribution in [-0.4, -0.2) is 29.8 Å². The van der Waals surface area contributed by atoms with Crippen LogP contribution in [0.5, 0.6) is 0 Å². The van der Waals surface area contributed by atoms with Crippen LogP contribution in [0, 0.1) is 62.7 Å². The fourth-order valence-corrected chi connectivity index (χ4v) is 11.0. The van der Waals surface area contributed by atoms with Crippen LogP contribution in [0.25, 0.3) is 4.85 Å². The molecule has 6 heteroatoms. The third-order valence-electron chi connectivity index (χ3n) is 13.2. The molecular formula is C32H46N2O4. The van der Waals surface area contributed by atoms with Crippen molar-refractivity contribution in [1.29, 1.82) is 0 Å². The fraction of sp³-hybridized carbons (Fsp3) is 0.812. The minimum atomic E-state index is -0.612. The Hall–Kier alpha value is -2.16. The minimum absolute atomic E-state index is 0.0103. The molecule has 5 rings (SSSR count). The summed E-state index contributed by atoms with van der Waals surface area (Å²) in [6.45, 7) is 23.5.